The standard InChI is InChI=1S/C16H18N4O4S/c1-19(2)13-6-4-12(5-7-13)17-16(21)18-25(3,24)15-10-8-14(9-11-15)20(22)23/h4-11H,3H2,1-2H3,(H2,17,18,21,24). The molecule has 0 heterocycles. The largest absolute Gasteiger partial charge is 0.378 e. The monoisotopic (exact) mass is 362 g/mol. The molecular weight excluding hydrogens is 344 g/mol. The van der Waals surface area contributed by atoms with Gasteiger partial charge < -0.3 is 10.2 Å². The molecule has 8 nitrogen and oxygen atoms in total. The second-order valence-corrected chi connectivity index (χ2v) is 7.45. The molecular formula is C16H18N4O4S. The van der Waals surface area contributed by atoms with Gasteiger partial charge in [0.2, 0.25) is 0 Å². The fraction of sp³-hybridized carbons (Fsp3) is 0.125. The highest BCUT2D eigenvalue weighted by molar-refractivity contribution is 7.99. The molecule has 2 amide bonds. The van der Waals surface area contributed by atoms with Crippen molar-refractivity contribution in [1.82, 2.24) is 4.72 Å². The van der Waals surface area contributed by atoms with E-state index in [0.717, 1.165) is 5.69 Å². The van der Waals surface area contributed by atoms with Crippen molar-refractivity contribution >= 4 is 38.7 Å². The summed E-state index contributed by atoms with van der Waals surface area (Å²) in [6, 6.07) is 11.4. The van der Waals surface area contributed by atoms with Gasteiger partial charge in [0.25, 0.3) is 5.69 Å². The van der Waals surface area contributed by atoms with E-state index in [9.17, 15) is 19.1 Å². The number of rotatable bonds is 5. The van der Waals surface area contributed by atoms with Crippen LogP contribution in [0.3, 0.4) is 0 Å². The van der Waals surface area contributed by atoms with Crippen LogP contribution < -0.4 is 14.9 Å². The molecule has 0 spiro atoms. The molecule has 2 N–H and O–H groups in total. The van der Waals surface area contributed by atoms with Gasteiger partial charge in [-0.05, 0) is 42.3 Å². The lowest BCUT2D eigenvalue weighted by Crippen LogP contribution is -2.34. The van der Waals surface area contributed by atoms with Crippen molar-refractivity contribution < 1.29 is 13.9 Å². The lowest BCUT2D eigenvalue weighted by molar-refractivity contribution is -0.384. The summed E-state index contributed by atoms with van der Waals surface area (Å²) in [5, 5.41) is 13.2. The average molecular weight is 362 g/mol. The molecule has 2 aromatic rings. The first-order valence-electron chi connectivity index (χ1n) is 7.17. The molecule has 2 rings (SSSR count). The number of amides is 2. The third-order valence-corrected chi connectivity index (χ3v) is 4.88. The minimum atomic E-state index is -3.14. The van der Waals surface area contributed by atoms with Gasteiger partial charge in [-0.2, -0.15) is 0 Å². The average Bonchev–Trinajstić information content (AvgIpc) is 2.54. The first-order chi connectivity index (χ1) is 11.7. The molecule has 0 radical (unpaired) electrons. The van der Waals surface area contributed by atoms with Crippen LogP contribution in [0.1, 0.15) is 0 Å². The van der Waals surface area contributed by atoms with Crippen molar-refractivity contribution in [1.29, 1.82) is 0 Å². The van der Waals surface area contributed by atoms with E-state index in [1.165, 1.54) is 24.3 Å². The first kappa shape index (κ1) is 18.3. The molecule has 1 unspecified atom stereocenters. The molecule has 1 atom stereocenters. The minimum absolute atomic E-state index is 0.135. The van der Waals surface area contributed by atoms with Crippen LogP contribution in [0.5, 0.6) is 0 Å². The van der Waals surface area contributed by atoms with Crippen LogP contribution in [-0.2, 0) is 9.71 Å². The Morgan fingerprint density at radius 3 is 2.16 bits per heavy atom. The lowest BCUT2D eigenvalue weighted by Gasteiger charge is -2.14. The normalized spacial score (nSPS) is 12.7. The van der Waals surface area contributed by atoms with E-state index < -0.39 is 20.7 Å². The molecule has 0 aliphatic rings. The summed E-state index contributed by atoms with van der Waals surface area (Å²) >= 11 is 0. The Morgan fingerprint density at radius 1 is 1.12 bits per heavy atom. The van der Waals surface area contributed by atoms with Crippen LogP contribution in [0.15, 0.2) is 53.4 Å². The van der Waals surface area contributed by atoms with Gasteiger partial charge >= 0.3 is 6.03 Å². The molecule has 0 aromatic heterocycles. The number of anilines is 2. The quantitative estimate of drug-likeness (QED) is 0.483. The predicted molar refractivity (Wildman–Crippen MR) is 99.5 cm³/mol. The molecule has 0 fully saturated rings. The zero-order chi connectivity index (χ0) is 18.6. The SMILES string of the molecule is C=S(=O)(NC(=O)Nc1ccc(N(C)C)cc1)c1ccc([N+](=O)[O-])cc1. The van der Waals surface area contributed by atoms with E-state index in [2.05, 4.69) is 15.9 Å². The van der Waals surface area contributed by atoms with Crippen molar-refractivity contribution in [3.05, 3.63) is 58.6 Å². The number of carbonyl (C=O) groups excluding carboxylic acids is 1. The Morgan fingerprint density at radius 2 is 1.68 bits per heavy atom. The maximum absolute atomic E-state index is 12.6. The third-order valence-electron chi connectivity index (χ3n) is 3.33. The van der Waals surface area contributed by atoms with Crippen molar-refractivity contribution in [2.75, 3.05) is 24.3 Å². The molecule has 132 valence electrons. The van der Waals surface area contributed by atoms with E-state index in [1.807, 2.05) is 31.1 Å². The summed E-state index contributed by atoms with van der Waals surface area (Å²) in [5.41, 5.74) is 1.36. The lowest BCUT2D eigenvalue weighted by atomic mass is 10.2. The summed E-state index contributed by atoms with van der Waals surface area (Å²) in [4.78, 5) is 24.2. The number of benzene rings is 2. The Hall–Kier alpha value is -3.07. The first-order valence-corrected chi connectivity index (χ1v) is 8.89. The van der Waals surface area contributed by atoms with Gasteiger partial charge in [0.05, 0.1) is 19.5 Å². The molecule has 0 saturated carbocycles. The van der Waals surface area contributed by atoms with E-state index in [0.29, 0.717) is 5.69 Å². The van der Waals surface area contributed by atoms with Crippen LogP contribution in [0.4, 0.5) is 21.9 Å². The van der Waals surface area contributed by atoms with Gasteiger partial charge in [0, 0.05) is 37.6 Å². The van der Waals surface area contributed by atoms with E-state index in [1.54, 1.807) is 12.1 Å². The fourth-order valence-electron chi connectivity index (χ4n) is 2.00. The maximum Gasteiger partial charge on any atom is 0.330 e. The summed E-state index contributed by atoms with van der Waals surface area (Å²) in [5.74, 6) is 3.51. The fourth-order valence-corrected chi connectivity index (χ4v) is 3.04. The topological polar surface area (TPSA) is 105 Å². The number of nitrogens with one attached hydrogen (secondary N) is 2. The number of carbonyl (C=O) groups is 1. The Kier molecular flexibility index (Phi) is 5.28. The summed E-state index contributed by atoms with van der Waals surface area (Å²) in [6.07, 6.45) is 0. The minimum Gasteiger partial charge on any atom is -0.378 e. The highest BCUT2D eigenvalue weighted by Gasteiger charge is 2.14. The van der Waals surface area contributed by atoms with Crippen LogP contribution in [0.25, 0.3) is 0 Å². The number of nitro benzene ring substituents is 1. The van der Waals surface area contributed by atoms with Crippen molar-refractivity contribution in [3.8, 4) is 0 Å². The van der Waals surface area contributed by atoms with E-state index in [4.69, 9.17) is 0 Å². The molecule has 2 aromatic carbocycles. The molecule has 0 aliphatic carbocycles. The number of urea groups is 1. The summed E-state index contributed by atoms with van der Waals surface area (Å²) in [6.45, 7) is 0. The number of hydrogen-bond donors (Lipinski definition) is 2. The molecule has 0 aliphatic heterocycles. The number of non-ortho nitro benzene ring substituents is 1. The second kappa shape index (κ2) is 7.22. The van der Waals surface area contributed by atoms with E-state index >= 15 is 0 Å². The molecule has 0 saturated heterocycles. The summed E-state index contributed by atoms with van der Waals surface area (Å²) in [7, 11) is 0.664. The second-order valence-electron chi connectivity index (χ2n) is 5.42. The predicted octanol–water partition coefficient (Wildman–Crippen LogP) is 2.47. The van der Waals surface area contributed by atoms with Crippen LogP contribution in [-0.4, -0.2) is 35.1 Å². The highest BCUT2D eigenvalue weighted by Crippen LogP contribution is 2.17. The molecule has 25 heavy (non-hydrogen) atoms. The zero-order valence-electron chi connectivity index (χ0n) is 13.8. The highest BCUT2D eigenvalue weighted by atomic mass is 32.2. The number of nitro groups is 1. The van der Waals surface area contributed by atoms with Crippen molar-refractivity contribution in [2.24, 2.45) is 0 Å². The van der Waals surface area contributed by atoms with Crippen molar-refractivity contribution in [2.45, 2.75) is 4.90 Å². The third kappa shape index (κ3) is 4.70. The van der Waals surface area contributed by atoms with Crippen molar-refractivity contribution in [3.63, 3.8) is 0 Å². The number of nitrogens with zero attached hydrogens (tertiary/aromatic N) is 2. The summed E-state index contributed by atoms with van der Waals surface area (Å²) < 4.78 is 14.8. The smallest absolute Gasteiger partial charge is 0.330 e. The Labute approximate surface area is 145 Å². The van der Waals surface area contributed by atoms with Crippen LogP contribution >= 0.6 is 0 Å². The van der Waals surface area contributed by atoms with Gasteiger partial charge in [-0.15, -0.1) is 0 Å². The Bertz CT molecular complexity index is 875. The Balaban J connectivity index is 2.06. The molecule has 0 bridgehead atoms. The van der Waals surface area contributed by atoms with Gasteiger partial charge in [0.15, 0.2) is 0 Å². The van der Waals surface area contributed by atoms with Gasteiger partial charge in [-0.1, -0.05) is 0 Å². The van der Waals surface area contributed by atoms with E-state index in [-0.39, 0.29) is 10.6 Å². The zero-order valence-corrected chi connectivity index (χ0v) is 14.6. The number of hydrogen-bond acceptors (Lipinski definition) is 5. The van der Waals surface area contributed by atoms with Crippen LogP contribution in [0.2, 0.25) is 0 Å². The van der Waals surface area contributed by atoms with Crippen LogP contribution in [0, 0.1) is 10.1 Å². The maximum atomic E-state index is 12.6. The van der Waals surface area contributed by atoms with Gasteiger partial charge in [-0.3, -0.25) is 14.8 Å². The molecule has 9 heteroatoms. The van der Waals surface area contributed by atoms with Gasteiger partial charge in [-0.25, -0.2) is 9.00 Å². The van der Waals surface area contributed by atoms with Gasteiger partial charge in [0.1, 0.15) is 0 Å².